The summed E-state index contributed by atoms with van der Waals surface area (Å²) in [5, 5.41) is 11.1. The van der Waals surface area contributed by atoms with Crippen LogP contribution in [0.3, 0.4) is 0 Å². The fourth-order valence-electron chi connectivity index (χ4n) is 8.14. The highest BCUT2D eigenvalue weighted by molar-refractivity contribution is 7.13. The Morgan fingerprint density at radius 2 is 1.51 bits per heavy atom. The summed E-state index contributed by atoms with van der Waals surface area (Å²) in [6.07, 6.45) is 7.02. The number of alkyl carbamates (subject to hydrolysis) is 2. The van der Waals surface area contributed by atoms with Gasteiger partial charge in [0, 0.05) is 30.1 Å². The van der Waals surface area contributed by atoms with Gasteiger partial charge >= 0.3 is 12.2 Å². The van der Waals surface area contributed by atoms with E-state index in [4.69, 9.17) is 19.5 Å². The number of fused-ring (bicyclic) bond motifs is 2. The first kappa shape index (κ1) is 38.1. The van der Waals surface area contributed by atoms with Crippen molar-refractivity contribution in [1.82, 2.24) is 35.7 Å². The molecule has 4 aliphatic rings. The lowest BCUT2D eigenvalue weighted by atomic mass is 9.92. The molecule has 0 spiro atoms. The normalized spacial score (nSPS) is 21.8. The van der Waals surface area contributed by atoms with Crippen molar-refractivity contribution in [1.29, 1.82) is 0 Å². The molecule has 3 aliphatic heterocycles. The highest BCUT2D eigenvalue weighted by Crippen LogP contribution is 2.41. The van der Waals surface area contributed by atoms with E-state index < -0.39 is 24.3 Å². The van der Waals surface area contributed by atoms with Gasteiger partial charge in [0.15, 0.2) is 0 Å². The number of methoxy groups -OCH3 is 2. The number of carbonyl (C=O) groups excluding carboxylic acids is 4. The number of imidazole rings is 1. The smallest absolute Gasteiger partial charge is 0.407 e. The number of likely N-dealkylation sites (tertiary alicyclic amines) is 2. The minimum absolute atomic E-state index is 0.0813. The fraction of sp³-hybridized carbons (Fsp3) is 0.500. The van der Waals surface area contributed by atoms with E-state index in [1.54, 1.807) is 11.3 Å². The van der Waals surface area contributed by atoms with E-state index in [0.29, 0.717) is 13.1 Å². The number of hydrogen-bond acceptors (Lipinski definition) is 10. The van der Waals surface area contributed by atoms with E-state index in [9.17, 15) is 19.2 Å². The van der Waals surface area contributed by atoms with Gasteiger partial charge in [0.1, 0.15) is 23.7 Å². The third-order valence-corrected chi connectivity index (χ3v) is 12.0. The van der Waals surface area contributed by atoms with Crippen molar-refractivity contribution in [3.05, 3.63) is 58.9 Å². The molecule has 14 nitrogen and oxygen atoms in total. The van der Waals surface area contributed by atoms with Crippen LogP contribution in [0.4, 0.5) is 9.59 Å². The van der Waals surface area contributed by atoms with Crippen LogP contribution in [-0.4, -0.2) is 101 Å². The second kappa shape index (κ2) is 15.9. The Morgan fingerprint density at radius 3 is 2.15 bits per heavy atom. The molecule has 0 bridgehead atoms. The highest BCUT2D eigenvalue weighted by Gasteiger charge is 2.41. The summed E-state index contributed by atoms with van der Waals surface area (Å²) < 4.78 is 9.57. The van der Waals surface area contributed by atoms with Crippen LogP contribution in [0.15, 0.2) is 52.5 Å². The van der Waals surface area contributed by atoms with E-state index in [1.807, 2.05) is 43.6 Å². The summed E-state index contributed by atoms with van der Waals surface area (Å²) in [7, 11) is 2.59. The standard InChI is InChI=1S/C40H50N8O6S/c1-21(2)32(45-39(51)53-5)37(49)47-16-7-9-30(47)35-41-26-13-11-23(19-28(26)43-35)25-15-18-55-34(25)24-12-14-27-29(20-24)44-36(42-27)31-10-8-17-48(31)38(50)33(22(3)4)46-40(52)54-6/h11-15,18,20-22,28,30-33H,7-10,16-17,19H2,1-6H3,(H,41,43)(H,42,44)(H,45,51)(H,46,52)/t28?,30-,31-,32-,33-/m0/s1. The number of nitrogens with one attached hydrogen (secondary N) is 4. The fourth-order valence-corrected chi connectivity index (χ4v) is 9.07. The van der Waals surface area contributed by atoms with E-state index in [1.165, 1.54) is 19.8 Å². The lowest BCUT2D eigenvalue weighted by Gasteiger charge is -2.30. The molecule has 292 valence electrons. The molecule has 2 aromatic heterocycles. The Balaban J connectivity index is 1.07. The Morgan fingerprint density at radius 1 is 0.873 bits per heavy atom. The van der Waals surface area contributed by atoms with Gasteiger partial charge in [0.2, 0.25) is 11.8 Å². The predicted octanol–water partition coefficient (Wildman–Crippen LogP) is 5.75. The van der Waals surface area contributed by atoms with Crippen molar-refractivity contribution in [3.8, 4) is 10.4 Å². The number of amides is 4. The maximum atomic E-state index is 13.7. The molecule has 0 radical (unpaired) electrons. The number of aromatic amines is 1. The van der Waals surface area contributed by atoms with Crippen LogP contribution in [0, 0.1) is 11.8 Å². The van der Waals surface area contributed by atoms with Gasteiger partial charge in [-0.3, -0.25) is 14.6 Å². The monoisotopic (exact) mass is 770 g/mol. The zero-order chi connectivity index (χ0) is 39.0. The van der Waals surface area contributed by atoms with Crippen LogP contribution < -0.4 is 16.0 Å². The Hall–Kier alpha value is -5.18. The van der Waals surface area contributed by atoms with Gasteiger partial charge in [-0.15, -0.1) is 11.3 Å². The van der Waals surface area contributed by atoms with Gasteiger partial charge in [-0.05, 0) is 83.9 Å². The summed E-state index contributed by atoms with van der Waals surface area (Å²) in [4.78, 5) is 69.8. The number of carbonyl (C=O) groups is 4. The van der Waals surface area contributed by atoms with Gasteiger partial charge < -0.3 is 40.2 Å². The van der Waals surface area contributed by atoms with E-state index in [0.717, 1.165) is 76.5 Å². The van der Waals surface area contributed by atoms with Crippen LogP contribution >= 0.6 is 11.3 Å². The molecule has 5 heterocycles. The van der Waals surface area contributed by atoms with Crippen LogP contribution in [0.25, 0.3) is 27.0 Å². The molecule has 2 saturated heterocycles. The maximum Gasteiger partial charge on any atom is 0.407 e. The maximum absolute atomic E-state index is 13.7. The molecule has 7 rings (SSSR count). The van der Waals surface area contributed by atoms with Crippen LogP contribution in [0.5, 0.6) is 0 Å². The minimum Gasteiger partial charge on any atom is -0.453 e. The second-order valence-corrected chi connectivity index (χ2v) is 16.2. The predicted molar refractivity (Wildman–Crippen MR) is 211 cm³/mol. The molecule has 5 atom stereocenters. The number of allylic oxidation sites excluding steroid dienone is 2. The molecule has 4 N–H and O–H groups in total. The largest absolute Gasteiger partial charge is 0.453 e. The molecular weight excluding hydrogens is 721 g/mol. The number of aliphatic imine (C=N–C) groups is 1. The van der Waals surface area contributed by atoms with Gasteiger partial charge in [-0.25, -0.2) is 14.6 Å². The summed E-state index contributed by atoms with van der Waals surface area (Å²) in [5.74, 6) is 1.06. The third-order valence-electron chi connectivity index (χ3n) is 11.1. The van der Waals surface area contributed by atoms with Crippen LogP contribution in [-0.2, 0) is 19.1 Å². The number of nitrogens with zero attached hydrogens (tertiary/aromatic N) is 4. The Labute approximate surface area is 324 Å². The van der Waals surface area contributed by atoms with Crippen LogP contribution in [0.2, 0.25) is 0 Å². The zero-order valence-electron chi connectivity index (χ0n) is 32.2. The van der Waals surface area contributed by atoms with Crippen molar-refractivity contribution >= 4 is 57.8 Å². The summed E-state index contributed by atoms with van der Waals surface area (Å²) in [6, 6.07) is 6.54. The number of thiophene rings is 1. The second-order valence-electron chi connectivity index (χ2n) is 15.3. The molecule has 55 heavy (non-hydrogen) atoms. The van der Waals surface area contributed by atoms with Crippen molar-refractivity contribution in [2.75, 3.05) is 27.3 Å². The van der Waals surface area contributed by atoms with E-state index in [2.05, 4.69) is 56.7 Å². The SMILES string of the molecule is COC(=O)N[C@H](C(=O)N1CCC[C@H]1C1=NC2CC(c3ccsc3-c3ccc4nc([C@@H]5CCCN5C(=O)[C@@H](NC(=O)OC)C(C)C)[nH]c4c3)=CC=C2N1)C(C)C. The number of amidine groups is 1. The molecule has 2 fully saturated rings. The van der Waals surface area contributed by atoms with Crippen molar-refractivity contribution in [3.63, 3.8) is 0 Å². The average Bonchev–Trinajstić information content (AvgIpc) is 4.02. The lowest BCUT2D eigenvalue weighted by molar-refractivity contribution is -0.135. The first-order valence-electron chi connectivity index (χ1n) is 19.1. The molecular formula is C40H50N8O6S. The summed E-state index contributed by atoms with van der Waals surface area (Å²) >= 11 is 1.69. The van der Waals surface area contributed by atoms with Crippen molar-refractivity contribution in [2.24, 2.45) is 16.8 Å². The van der Waals surface area contributed by atoms with Gasteiger partial charge in [0.05, 0.1) is 43.4 Å². The third kappa shape index (κ3) is 7.58. The first-order chi connectivity index (χ1) is 26.5. The van der Waals surface area contributed by atoms with E-state index in [-0.39, 0.29) is 41.8 Å². The topological polar surface area (TPSA) is 170 Å². The summed E-state index contributed by atoms with van der Waals surface area (Å²) in [6.45, 7) is 8.84. The van der Waals surface area contributed by atoms with Gasteiger partial charge in [-0.1, -0.05) is 39.8 Å². The quantitative estimate of drug-likeness (QED) is 0.202. The van der Waals surface area contributed by atoms with Crippen molar-refractivity contribution < 1.29 is 28.7 Å². The number of H-pyrrole nitrogens is 1. The van der Waals surface area contributed by atoms with Gasteiger partial charge in [0.25, 0.3) is 0 Å². The lowest BCUT2D eigenvalue weighted by Crippen LogP contribution is -2.54. The number of ether oxygens (including phenoxy) is 2. The number of aromatic nitrogens is 2. The number of hydrogen-bond donors (Lipinski definition) is 4. The molecule has 15 heteroatoms. The molecule has 1 aromatic carbocycles. The molecule has 1 aliphatic carbocycles. The van der Waals surface area contributed by atoms with Crippen molar-refractivity contribution in [2.45, 2.75) is 90.0 Å². The molecule has 3 aromatic rings. The highest BCUT2D eigenvalue weighted by atomic mass is 32.1. The van der Waals surface area contributed by atoms with Gasteiger partial charge in [-0.2, -0.15) is 0 Å². The Bertz CT molecular complexity index is 2070. The zero-order valence-corrected chi connectivity index (χ0v) is 33.0. The number of rotatable bonds is 10. The van der Waals surface area contributed by atoms with Crippen LogP contribution in [0.1, 0.15) is 77.2 Å². The molecule has 1 unspecified atom stereocenters. The first-order valence-corrected chi connectivity index (χ1v) is 20.0. The summed E-state index contributed by atoms with van der Waals surface area (Å²) in [5.41, 5.74) is 6.15. The Kier molecular flexibility index (Phi) is 11.0. The molecule has 0 saturated carbocycles. The minimum atomic E-state index is -0.695. The number of benzene rings is 1. The molecule has 4 amide bonds. The van der Waals surface area contributed by atoms with E-state index >= 15 is 0 Å². The average molecular weight is 771 g/mol.